The second-order valence-corrected chi connectivity index (χ2v) is 5.82. The second kappa shape index (κ2) is 6.58. The summed E-state index contributed by atoms with van der Waals surface area (Å²) in [7, 11) is 0. The first-order valence-corrected chi connectivity index (χ1v) is 7.50. The van der Waals surface area contributed by atoms with Gasteiger partial charge in [0.1, 0.15) is 0 Å². The molecule has 0 unspecified atom stereocenters. The van der Waals surface area contributed by atoms with E-state index in [1.165, 1.54) is 27.8 Å². The van der Waals surface area contributed by atoms with Crippen LogP contribution in [-0.2, 0) is 0 Å². The fourth-order valence-corrected chi connectivity index (χ4v) is 2.53. The minimum Gasteiger partial charge on any atom is -0.0955 e. The SMILES string of the molecule is C=C(C)/C(=C\C1=CCCC=C1C)c1ccc(C(=C)C)cc1. The van der Waals surface area contributed by atoms with Crippen LogP contribution in [-0.4, -0.2) is 0 Å². The minimum atomic E-state index is 1.09. The molecule has 2 rings (SSSR count). The lowest BCUT2D eigenvalue weighted by atomic mass is 9.92. The summed E-state index contributed by atoms with van der Waals surface area (Å²) in [6.45, 7) is 14.4. The molecular weight excluding hydrogens is 252 g/mol. The van der Waals surface area contributed by atoms with Gasteiger partial charge in [-0.25, -0.2) is 0 Å². The van der Waals surface area contributed by atoms with Crippen LogP contribution in [0.5, 0.6) is 0 Å². The maximum absolute atomic E-state index is 4.15. The smallest absolute Gasteiger partial charge is 0.0155 e. The summed E-state index contributed by atoms with van der Waals surface area (Å²) >= 11 is 0. The zero-order valence-electron chi connectivity index (χ0n) is 13.4. The van der Waals surface area contributed by atoms with Crippen LogP contribution in [0.15, 0.2) is 72.4 Å². The number of allylic oxidation sites excluding steroid dienone is 8. The van der Waals surface area contributed by atoms with Crippen LogP contribution in [0.3, 0.4) is 0 Å². The van der Waals surface area contributed by atoms with E-state index in [4.69, 9.17) is 0 Å². The molecule has 0 nitrogen and oxygen atoms in total. The van der Waals surface area contributed by atoms with Crippen LogP contribution in [0.25, 0.3) is 11.1 Å². The molecule has 1 aromatic carbocycles. The molecule has 1 aliphatic rings. The number of hydrogen-bond donors (Lipinski definition) is 0. The van der Waals surface area contributed by atoms with Crippen LogP contribution in [0, 0.1) is 0 Å². The topological polar surface area (TPSA) is 0 Å². The molecule has 108 valence electrons. The lowest BCUT2D eigenvalue weighted by Crippen LogP contribution is -1.93. The quantitative estimate of drug-likeness (QED) is 0.562. The van der Waals surface area contributed by atoms with E-state index in [9.17, 15) is 0 Å². The molecule has 0 radical (unpaired) electrons. The molecule has 0 atom stereocenters. The second-order valence-electron chi connectivity index (χ2n) is 5.82. The normalized spacial score (nSPS) is 15.3. The molecule has 0 aliphatic heterocycles. The van der Waals surface area contributed by atoms with Gasteiger partial charge >= 0.3 is 0 Å². The molecule has 1 aliphatic carbocycles. The first kappa shape index (κ1) is 15.3. The van der Waals surface area contributed by atoms with Gasteiger partial charge in [0.15, 0.2) is 0 Å². The summed E-state index contributed by atoms with van der Waals surface area (Å²) in [6, 6.07) is 8.58. The van der Waals surface area contributed by atoms with Gasteiger partial charge in [0.05, 0.1) is 0 Å². The van der Waals surface area contributed by atoms with Gasteiger partial charge in [-0.1, -0.05) is 60.7 Å². The Labute approximate surface area is 128 Å². The summed E-state index contributed by atoms with van der Waals surface area (Å²) in [5.74, 6) is 0. The Morgan fingerprint density at radius 3 is 2.05 bits per heavy atom. The lowest BCUT2D eigenvalue weighted by molar-refractivity contribution is 1.00. The third kappa shape index (κ3) is 3.72. The van der Waals surface area contributed by atoms with Crippen LogP contribution >= 0.6 is 0 Å². The standard InChI is InChI=1S/C21H24/c1-15(2)18-10-12-19(13-11-18)21(16(3)4)14-20-9-7-6-8-17(20)5/h8-14H,1,3,6-7H2,2,4-5H3/b21-14+. The zero-order chi connectivity index (χ0) is 15.4. The highest BCUT2D eigenvalue weighted by molar-refractivity contribution is 5.81. The molecule has 1 aromatic rings. The molecule has 21 heavy (non-hydrogen) atoms. The summed E-state index contributed by atoms with van der Waals surface area (Å²) in [6.07, 6.45) is 9.18. The van der Waals surface area contributed by atoms with E-state index >= 15 is 0 Å². The Bertz CT molecular complexity index is 646. The molecule has 0 saturated carbocycles. The van der Waals surface area contributed by atoms with Gasteiger partial charge in [-0.3, -0.25) is 0 Å². The van der Waals surface area contributed by atoms with E-state index in [2.05, 4.69) is 69.5 Å². The van der Waals surface area contributed by atoms with Gasteiger partial charge in [-0.2, -0.15) is 0 Å². The molecule has 0 aromatic heterocycles. The van der Waals surface area contributed by atoms with E-state index in [0.717, 1.165) is 24.0 Å². The summed E-state index contributed by atoms with van der Waals surface area (Å²) in [4.78, 5) is 0. The van der Waals surface area contributed by atoms with E-state index in [1.54, 1.807) is 0 Å². The van der Waals surface area contributed by atoms with Crippen molar-refractivity contribution in [2.75, 3.05) is 0 Å². The van der Waals surface area contributed by atoms with Crippen LogP contribution < -0.4 is 0 Å². The third-order valence-electron chi connectivity index (χ3n) is 3.89. The van der Waals surface area contributed by atoms with Gasteiger partial charge < -0.3 is 0 Å². The predicted molar refractivity (Wildman–Crippen MR) is 95.0 cm³/mol. The monoisotopic (exact) mass is 276 g/mol. The molecule has 0 heteroatoms. The molecule has 0 amide bonds. The summed E-state index contributed by atoms with van der Waals surface area (Å²) < 4.78 is 0. The van der Waals surface area contributed by atoms with Crippen molar-refractivity contribution in [2.45, 2.75) is 33.6 Å². The van der Waals surface area contributed by atoms with Gasteiger partial charge in [-0.15, -0.1) is 0 Å². The Morgan fingerprint density at radius 2 is 1.52 bits per heavy atom. The number of benzene rings is 1. The van der Waals surface area contributed by atoms with Gasteiger partial charge in [0.25, 0.3) is 0 Å². The Hall–Kier alpha value is -2.08. The Kier molecular flexibility index (Phi) is 4.80. The molecule has 0 heterocycles. The van der Waals surface area contributed by atoms with Crippen molar-refractivity contribution in [3.05, 3.63) is 83.5 Å². The minimum absolute atomic E-state index is 1.09. The van der Waals surface area contributed by atoms with Crippen LogP contribution in [0.2, 0.25) is 0 Å². The molecular formula is C21H24. The predicted octanol–water partition coefficient (Wildman–Crippen LogP) is 6.35. The highest BCUT2D eigenvalue weighted by atomic mass is 14.1. The Morgan fingerprint density at radius 1 is 0.952 bits per heavy atom. The average molecular weight is 276 g/mol. The lowest BCUT2D eigenvalue weighted by Gasteiger charge is -2.13. The third-order valence-corrected chi connectivity index (χ3v) is 3.89. The van der Waals surface area contributed by atoms with Crippen molar-refractivity contribution < 1.29 is 0 Å². The van der Waals surface area contributed by atoms with Gasteiger partial charge in [-0.05, 0) is 67.5 Å². The first-order chi connectivity index (χ1) is 9.99. The van der Waals surface area contributed by atoms with Crippen molar-refractivity contribution >= 4 is 11.1 Å². The van der Waals surface area contributed by atoms with Crippen molar-refractivity contribution in [1.29, 1.82) is 0 Å². The van der Waals surface area contributed by atoms with E-state index in [1.807, 2.05) is 6.92 Å². The van der Waals surface area contributed by atoms with Crippen molar-refractivity contribution in [3.8, 4) is 0 Å². The summed E-state index contributed by atoms with van der Waals surface area (Å²) in [5.41, 5.74) is 8.49. The van der Waals surface area contributed by atoms with Crippen molar-refractivity contribution in [1.82, 2.24) is 0 Å². The van der Waals surface area contributed by atoms with Crippen LogP contribution in [0.1, 0.15) is 44.7 Å². The molecule has 0 fully saturated rings. The summed E-state index contributed by atoms with van der Waals surface area (Å²) in [5, 5.41) is 0. The average Bonchev–Trinajstić information content (AvgIpc) is 2.46. The largest absolute Gasteiger partial charge is 0.0955 e. The maximum Gasteiger partial charge on any atom is -0.0155 e. The number of hydrogen-bond acceptors (Lipinski definition) is 0. The van der Waals surface area contributed by atoms with Crippen LogP contribution in [0.4, 0.5) is 0 Å². The zero-order valence-corrected chi connectivity index (χ0v) is 13.4. The molecule has 0 bridgehead atoms. The van der Waals surface area contributed by atoms with Crippen molar-refractivity contribution in [3.63, 3.8) is 0 Å². The van der Waals surface area contributed by atoms with Gasteiger partial charge in [0.2, 0.25) is 0 Å². The first-order valence-electron chi connectivity index (χ1n) is 7.50. The maximum atomic E-state index is 4.15. The molecule has 0 spiro atoms. The van der Waals surface area contributed by atoms with Gasteiger partial charge in [0, 0.05) is 0 Å². The Balaban J connectivity index is 2.40. The van der Waals surface area contributed by atoms with E-state index in [-0.39, 0.29) is 0 Å². The van der Waals surface area contributed by atoms with E-state index in [0.29, 0.717) is 0 Å². The highest BCUT2D eigenvalue weighted by Gasteiger charge is 2.07. The molecule has 0 N–H and O–H groups in total. The fourth-order valence-electron chi connectivity index (χ4n) is 2.53. The highest BCUT2D eigenvalue weighted by Crippen LogP contribution is 2.28. The molecule has 0 saturated heterocycles. The number of rotatable bonds is 4. The van der Waals surface area contributed by atoms with Crippen molar-refractivity contribution in [2.24, 2.45) is 0 Å². The van der Waals surface area contributed by atoms with E-state index < -0.39 is 0 Å². The fraction of sp³-hybridized carbons (Fsp3) is 0.238.